The van der Waals surface area contributed by atoms with E-state index in [1.54, 1.807) is 0 Å². The largest absolute Gasteiger partial charge is 0.409 e. The Morgan fingerprint density at radius 1 is 1.35 bits per heavy atom. The highest BCUT2D eigenvalue weighted by atomic mass is 16.5. The Labute approximate surface area is 104 Å². The summed E-state index contributed by atoms with van der Waals surface area (Å²) < 4.78 is 5.85. The second kappa shape index (κ2) is 6.84. The van der Waals surface area contributed by atoms with Crippen LogP contribution in [-0.4, -0.2) is 23.8 Å². The molecule has 0 spiro atoms. The standard InChI is InChI=1S/C13H26N2O2/c1-13(2)8-6-11(7-9-13)17-10-4-3-5-12(14)15-16/h11,16H,3-10H2,1-2H3,(H2,14,15). The molecule has 0 radical (unpaired) electrons. The molecule has 0 unspecified atom stereocenters. The van der Waals surface area contributed by atoms with Gasteiger partial charge in [-0.1, -0.05) is 19.0 Å². The first-order chi connectivity index (χ1) is 8.03. The molecule has 0 aliphatic heterocycles. The number of nitrogens with two attached hydrogens (primary N) is 1. The predicted octanol–water partition coefficient (Wildman–Crippen LogP) is 2.89. The zero-order valence-corrected chi connectivity index (χ0v) is 11.1. The molecule has 4 heteroatoms. The van der Waals surface area contributed by atoms with Crippen molar-refractivity contribution in [2.75, 3.05) is 6.61 Å². The minimum atomic E-state index is 0.310. The maximum Gasteiger partial charge on any atom is 0.139 e. The van der Waals surface area contributed by atoms with Crippen LogP contribution in [0.5, 0.6) is 0 Å². The van der Waals surface area contributed by atoms with E-state index >= 15 is 0 Å². The van der Waals surface area contributed by atoms with Crippen LogP contribution in [0.25, 0.3) is 0 Å². The van der Waals surface area contributed by atoms with Gasteiger partial charge in [-0.2, -0.15) is 0 Å². The highest BCUT2D eigenvalue weighted by Crippen LogP contribution is 2.36. The fourth-order valence-corrected chi connectivity index (χ4v) is 2.25. The van der Waals surface area contributed by atoms with E-state index in [9.17, 15) is 0 Å². The molecule has 0 aromatic carbocycles. The zero-order chi connectivity index (χ0) is 12.7. The lowest BCUT2D eigenvalue weighted by Crippen LogP contribution is -2.26. The van der Waals surface area contributed by atoms with Gasteiger partial charge in [0.25, 0.3) is 0 Å². The van der Waals surface area contributed by atoms with Crippen LogP contribution in [0.2, 0.25) is 0 Å². The van der Waals surface area contributed by atoms with Crippen LogP contribution in [0, 0.1) is 5.41 Å². The molecule has 17 heavy (non-hydrogen) atoms. The van der Waals surface area contributed by atoms with E-state index in [0.29, 0.717) is 23.8 Å². The Kier molecular flexibility index (Phi) is 5.75. The van der Waals surface area contributed by atoms with Crippen molar-refractivity contribution < 1.29 is 9.94 Å². The monoisotopic (exact) mass is 242 g/mol. The average molecular weight is 242 g/mol. The van der Waals surface area contributed by atoms with Crippen molar-refractivity contribution >= 4 is 5.84 Å². The lowest BCUT2D eigenvalue weighted by molar-refractivity contribution is 0.00302. The Hall–Kier alpha value is -0.770. The first kappa shape index (κ1) is 14.3. The second-order valence-corrected chi connectivity index (χ2v) is 5.78. The number of nitrogens with zero attached hydrogens (tertiary/aromatic N) is 1. The molecule has 100 valence electrons. The number of hydrogen-bond donors (Lipinski definition) is 2. The minimum Gasteiger partial charge on any atom is -0.409 e. The molecule has 0 bridgehead atoms. The predicted molar refractivity (Wildman–Crippen MR) is 69.2 cm³/mol. The second-order valence-electron chi connectivity index (χ2n) is 5.78. The Bertz CT molecular complexity index is 242. The van der Waals surface area contributed by atoms with Crippen LogP contribution in [-0.2, 0) is 4.74 Å². The van der Waals surface area contributed by atoms with Crippen LogP contribution in [0.3, 0.4) is 0 Å². The molecule has 3 N–H and O–H groups in total. The maximum atomic E-state index is 8.38. The lowest BCUT2D eigenvalue weighted by Gasteiger charge is -2.34. The molecule has 1 rings (SSSR count). The van der Waals surface area contributed by atoms with Gasteiger partial charge in [-0.15, -0.1) is 0 Å². The first-order valence-corrected chi connectivity index (χ1v) is 6.61. The molecule has 4 nitrogen and oxygen atoms in total. The number of rotatable bonds is 6. The van der Waals surface area contributed by atoms with Gasteiger partial charge in [0.2, 0.25) is 0 Å². The Morgan fingerprint density at radius 3 is 2.59 bits per heavy atom. The van der Waals surface area contributed by atoms with Gasteiger partial charge in [-0.25, -0.2) is 0 Å². The molecule has 0 aromatic heterocycles. The summed E-state index contributed by atoms with van der Waals surface area (Å²) >= 11 is 0. The van der Waals surface area contributed by atoms with Crippen molar-refractivity contribution in [3.8, 4) is 0 Å². The van der Waals surface area contributed by atoms with Crippen molar-refractivity contribution in [1.82, 2.24) is 0 Å². The van der Waals surface area contributed by atoms with Crippen LogP contribution in [0.1, 0.15) is 58.8 Å². The van der Waals surface area contributed by atoms with E-state index in [2.05, 4.69) is 19.0 Å². The average Bonchev–Trinajstić information content (AvgIpc) is 2.30. The summed E-state index contributed by atoms with van der Waals surface area (Å²) in [6.07, 6.45) is 7.91. The van der Waals surface area contributed by atoms with Crippen molar-refractivity contribution in [2.45, 2.75) is 64.9 Å². The molecule has 1 fully saturated rings. The number of unbranched alkanes of at least 4 members (excludes halogenated alkanes) is 1. The van der Waals surface area contributed by atoms with Crippen LogP contribution >= 0.6 is 0 Å². The summed E-state index contributed by atoms with van der Waals surface area (Å²) in [4.78, 5) is 0. The number of amidine groups is 1. The summed E-state index contributed by atoms with van der Waals surface area (Å²) in [6.45, 7) is 5.46. The first-order valence-electron chi connectivity index (χ1n) is 6.61. The smallest absolute Gasteiger partial charge is 0.139 e. The lowest BCUT2D eigenvalue weighted by atomic mass is 9.76. The number of hydrogen-bond acceptors (Lipinski definition) is 3. The highest BCUT2D eigenvalue weighted by Gasteiger charge is 2.26. The fraction of sp³-hybridized carbons (Fsp3) is 0.923. The molecular formula is C13H26N2O2. The van der Waals surface area contributed by atoms with Crippen LogP contribution in [0.4, 0.5) is 0 Å². The van der Waals surface area contributed by atoms with Crippen molar-refractivity contribution in [3.05, 3.63) is 0 Å². The van der Waals surface area contributed by atoms with E-state index in [1.165, 1.54) is 25.7 Å². The normalized spacial score (nSPS) is 21.6. The highest BCUT2D eigenvalue weighted by molar-refractivity contribution is 5.79. The van der Waals surface area contributed by atoms with Gasteiger partial charge in [0.1, 0.15) is 5.84 Å². The third kappa shape index (κ3) is 5.91. The van der Waals surface area contributed by atoms with Crippen molar-refractivity contribution in [3.63, 3.8) is 0 Å². The molecule has 0 amide bonds. The number of oxime groups is 1. The molecule has 0 atom stereocenters. The van der Waals surface area contributed by atoms with Crippen molar-refractivity contribution in [2.24, 2.45) is 16.3 Å². The molecule has 0 heterocycles. The molecule has 1 saturated carbocycles. The molecule has 0 saturated heterocycles. The van der Waals surface area contributed by atoms with Gasteiger partial charge in [-0.05, 0) is 43.9 Å². The van der Waals surface area contributed by atoms with Gasteiger partial charge < -0.3 is 15.7 Å². The van der Waals surface area contributed by atoms with Crippen molar-refractivity contribution in [1.29, 1.82) is 0 Å². The third-order valence-electron chi connectivity index (χ3n) is 3.60. The molecule has 0 aromatic rings. The Morgan fingerprint density at radius 2 is 2.00 bits per heavy atom. The summed E-state index contributed by atoms with van der Waals surface area (Å²) in [5, 5.41) is 11.3. The molecule has 1 aliphatic carbocycles. The summed E-state index contributed by atoms with van der Waals surface area (Å²) in [5.74, 6) is 0.310. The van der Waals surface area contributed by atoms with E-state index in [1.807, 2.05) is 0 Å². The molecular weight excluding hydrogens is 216 g/mol. The van der Waals surface area contributed by atoms with E-state index in [4.69, 9.17) is 15.7 Å². The van der Waals surface area contributed by atoms with E-state index in [-0.39, 0.29) is 0 Å². The van der Waals surface area contributed by atoms with Crippen LogP contribution in [0.15, 0.2) is 5.16 Å². The van der Waals surface area contributed by atoms with Crippen LogP contribution < -0.4 is 5.73 Å². The topological polar surface area (TPSA) is 67.8 Å². The summed E-state index contributed by atoms with van der Waals surface area (Å²) in [5.41, 5.74) is 5.89. The number of ether oxygens (including phenoxy) is 1. The quantitative estimate of drug-likeness (QED) is 0.247. The van der Waals surface area contributed by atoms with Gasteiger partial charge in [0, 0.05) is 13.0 Å². The van der Waals surface area contributed by atoms with Gasteiger partial charge >= 0.3 is 0 Å². The summed E-state index contributed by atoms with van der Waals surface area (Å²) in [6, 6.07) is 0. The summed E-state index contributed by atoms with van der Waals surface area (Å²) in [7, 11) is 0. The molecule has 1 aliphatic rings. The minimum absolute atomic E-state index is 0.310. The van der Waals surface area contributed by atoms with Gasteiger partial charge in [0.05, 0.1) is 6.10 Å². The van der Waals surface area contributed by atoms with Gasteiger partial charge in [0.15, 0.2) is 0 Å². The Balaban J connectivity index is 2.01. The third-order valence-corrected chi connectivity index (χ3v) is 3.60. The SMILES string of the molecule is CC1(C)CCC(OCCCCC(N)=NO)CC1. The fourth-order valence-electron chi connectivity index (χ4n) is 2.25. The maximum absolute atomic E-state index is 8.38. The zero-order valence-electron chi connectivity index (χ0n) is 11.1. The van der Waals surface area contributed by atoms with E-state index < -0.39 is 0 Å². The van der Waals surface area contributed by atoms with E-state index in [0.717, 1.165) is 19.4 Å². The van der Waals surface area contributed by atoms with Gasteiger partial charge in [-0.3, -0.25) is 0 Å².